The summed E-state index contributed by atoms with van der Waals surface area (Å²) in [6.45, 7) is 3.48. The molecule has 0 bridgehead atoms. The van der Waals surface area contributed by atoms with Crippen LogP contribution in [0, 0.1) is 0 Å². The van der Waals surface area contributed by atoms with Gasteiger partial charge in [0.2, 0.25) is 11.8 Å². The Bertz CT molecular complexity index is 992. The van der Waals surface area contributed by atoms with Crippen LogP contribution in [0.2, 0.25) is 0 Å². The molecule has 2 aliphatic heterocycles. The number of amides is 2. The predicted octanol–water partition coefficient (Wildman–Crippen LogP) is 4.34. The van der Waals surface area contributed by atoms with Crippen molar-refractivity contribution < 1.29 is 19.1 Å². The van der Waals surface area contributed by atoms with E-state index < -0.39 is 11.4 Å². The van der Waals surface area contributed by atoms with Gasteiger partial charge < -0.3 is 15.4 Å². The molecule has 0 radical (unpaired) electrons. The van der Waals surface area contributed by atoms with Crippen molar-refractivity contribution in [3.63, 3.8) is 0 Å². The minimum Gasteiger partial charge on any atom is -0.468 e. The van der Waals surface area contributed by atoms with Gasteiger partial charge in [0.1, 0.15) is 0 Å². The number of esters is 1. The number of hydrogen-bond acceptors (Lipinski definition) is 4. The van der Waals surface area contributed by atoms with E-state index in [0.29, 0.717) is 11.3 Å². The number of carbonyl (C=O) groups excluding carboxylic acids is 3. The van der Waals surface area contributed by atoms with Gasteiger partial charge in [0.25, 0.3) is 0 Å². The van der Waals surface area contributed by atoms with Gasteiger partial charge in [0.15, 0.2) is 5.41 Å². The standard InChI is InChI=1S/C11H10BrNO3.C9H8BrNO/c1-11(10(15)16-2)7-4-3-6(12)5-8(7)13-9(11)14;1-5-7-3-2-6(10)4-8(7)11-9(5)12/h3-5H,1-2H3,(H,13,14);2-5H,1H3,(H,11,12). The van der Waals surface area contributed by atoms with E-state index in [2.05, 4.69) is 47.2 Å². The van der Waals surface area contributed by atoms with Crippen molar-refractivity contribution in [1.29, 1.82) is 0 Å². The maximum absolute atomic E-state index is 11.8. The highest BCUT2D eigenvalue weighted by atomic mass is 79.9. The molecule has 4 rings (SSSR count). The van der Waals surface area contributed by atoms with Gasteiger partial charge >= 0.3 is 5.97 Å². The molecular formula is C20H18Br2N2O4. The number of carbonyl (C=O) groups is 3. The van der Waals surface area contributed by atoms with Crippen molar-refractivity contribution in [2.45, 2.75) is 25.2 Å². The van der Waals surface area contributed by atoms with Gasteiger partial charge in [-0.25, -0.2) is 0 Å². The third kappa shape index (κ3) is 3.46. The Labute approximate surface area is 179 Å². The molecule has 0 saturated heterocycles. The number of fused-ring (bicyclic) bond motifs is 2. The van der Waals surface area contributed by atoms with Crippen molar-refractivity contribution in [2.75, 3.05) is 17.7 Å². The highest BCUT2D eigenvalue weighted by Gasteiger charge is 2.50. The molecule has 2 N–H and O–H groups in total. The summed E-state index contributed by atoms with van der Waals surface area (Å²) in [6.07, 6.45) is 0. The average molecular weight is 510 g/mol. The van der Waals surface area contributed by atoms with E-state index in [0.717, 1.165) is 20.2 Å². The summed E-state index contributed by atoms with van der Waals surface area (Å²) >= 11 is 6.66. The SMILES string of the molecule is CC1C(=O)Nc2cc(Br)ccc21.COC(=O)C1(C)C(=O)Nc2cc(Br)ccc21. The van der Waals surface area contributed by atoms with Crippen LogP contribution in [0.15, 0.2) is 45.3 Å². The van der Waals surface area contributed by atoms with Gasteiger partial charge in [-0.15, -0.1) is 0 Å². The number of methoxy groups -OCH3 is 1. The van der Waals surface area contributed by atoms with Crippen molar-refractivity contribution in [3.05, 3.63) is 56.5 Å². The molecule has 146 valence electrons. The topological polar surface area (TPSA) is 84.5 Å². The van der Waals surface area contributed by atoms with Crippen LogP contribution < -0.4 is 10.6 Å². The molecule has 0 fully saturated rings. The van der Waals surface area contributed by atoms with Crippen LogP contribution >= 0.6 is 31.9 Å². The number of ether oxygens (including phenoxy) is 1. The molecule has 2 aliphatic rings. The monoisotopic (exact) mass is 508 g/mol. The van der Waals surface area contributed by atoms with Crippen LogP contribution in [-0.4, -0.2) is 24.9 Å². The minimum atomic E-state index is -1.25. The Hall–Kier alpha value is -2.19. The number of benzene rings is 2. The lowest BCUT2D eigenvalue weighted by Crippen LogP contribution is -2.40. The van der Waals surface area contributed by atoms with Gasteiger partial charge in [-0.3, -0.25) is 14.4 Å². The smallest absolute Gasteiger partial charge is 0.325 e. The van der Waals surface area contributed by atoms with Crippen LogP contribution in [0.1, 0.15) is 30.9 Å². The second-order valence-electron chi connectivity index (χ2n) is 6.70. The zero-order valence-electron chi connectivity index (χ0n) is 15.4. The number of nitrogens with one attached hydrogen (secondary N) is 2. The molecule has 28 heavy (non-hydrogen) atoms. The van der Waals surface area contributed by atoms with E-state index in [1.54, 1.807) is 25.1 Å². The normalized spacial score (nSPS) is 21.7. The fourth-order valence-electron chi connectivity index (χ4n) is 3.23. The Balaban J connectivity index is 0.000000167. The zero-order valence-corrected chi connectivity index (χ0v) is 18.6. The summed E-state index contributed by atoms with van der Waals surface area (Å²) in [5.41, 5.74) is 2.06. The maximum Gasteiger partial charge on any atom is 0.325 e. The van der Waals surface area contributed by atoms with Crippen molar-refractivity contribution in [1.82, 2.24) is 0 Å². The Morgan fingerprint density at radius 2 is 1.64 bits per heavy atom. The average Bonchev–Trinajstić information content (AvgIpc) is 3.08. The second-order valence-corrected chi connectivity index (χ2v) is 8.53. The van der Waals surface area contributed by atoms with E-state index in [1.165, 1.54) is 7.11 Å². The molecule has 0 aromatic heterocycles. The Kier molecular flexibility index (Phi) is 5.63. The molecule has 8 heteroatoms. The molecule has 2 aromatic carbocycles. The lowest BCUT2D eigenvalue weighted by molar-refractivity contribution is -0.150. The first-order chi connectivity index (χ1) is 13.2. The summed E-state index contributed by atoms with van der Waals surface area (Å²) < 4.78 is 6.53. The largest absolute Gasteiger partial charge is 0.468 e. The molecule has 2 aromatic rings. The van der Waals surface area contributed by atoms with Gasteiger partial charge in [0.05, 0.1) is 13.0 Å². The highest BCUT2D eigenvalue weighted by Crippen LogP contribution is 2.39. The summed E-state index contributed by atoms with van der Waals surface area (Å²) in [6, 6.07) is 11.2. The van der Waals surface area contributed by atoms with E-state index in [1.807, 2.05) is 25.1 Å². The minimum absolute atomic E-state index is 0.00639. The van der Waals surface area contributed by atoms with Crippen LogP contribution in [-0.2, 0) is 24.5 Å². The van der Waals surface area contributed by atoms with E-state index >= 15 is 0 Å². The maximum atomic E-state index is 11.8. The quantitative estimate of drug-likeness (QED) is 0.442. The third-order valence-electron chi connectivity index (χ3n) is 4.95. The fourth-order valence-corrected chi connectivity index (χ4v) is 3.95. The van der Waals surface area contributed by atoms with E-state index in [4.69, 9.17) is 0 Å². The van der Waals surface area contributed by atoms with Gasteiger partial charge in [0, 0.05) is 25.9 Å². The fraction of sp³-hybridized carbons (Fsp3) is 0.250. The molecule has 0 saturated carbocycles. The first-order valence-corrected chi connectivity index (χ1v) is 10.1. The van der Waals surface area contributed by atoms with Gasteiger partial charge in [-0.2, -0.15) is 0 Å². The summed E-state index contributed by atoms with van der Waals surface area (Å²) in [7, 11) is 1.28. The first-order valence-electron chi connectivity index (χ1n) is 8.48. The van der Waals surface area contributed by atoms with Crippen LogP contribution in [0.5, 0.6) is 0 Å². The van der Waals surface area contributed by atoms with Gasteiger partial charge in [-0.1, -0.05) is 44.0 Å². The highest BCUT2D eigenvalue weighted by molar-refractivity contribution is 9.10. The van der Waals surface area contributed by atoms with Crippen LogP contribution in [0.25, 0.3) is 0 Å². The summed E-state index contributed by atoms with van der Waals surface area (Å²) in [4.78, 5) is 34.8. The predicted molar refractivity (Wildman–Crippen MR) is 113 cm³/mol. The van der Waals surface area contributed by atoms with Crippen LogP contribution in [0.4, 0.5) is 11.4 Å². The Morgan fingerprint density at radius 3 is 2.29 bits per heavy atom. The van der Waals surface area contributed by atoms with Crippen LogP contribution in [0.3, 0.4) is 0 Å². The molecule has 0 aliphatic carbocycles. The second kappa shape index (κ2) is 7.67. The summed E-state index contributed by atoms with van der Waals surface area (Å²) in [5.74, 6) is -0.824. The first kappa shape index (κ1) is 20.5. The molecule has 0 spiro atoms. The molecule has 6 nitrogen and oxygen atoms in total. The van der Waals surface area contributed by atoms with Crippen molar-refractivity contribution in [3.8, 4) is 0 Å². The molecule has 2 unspecified atom stereocenters. The Morgan fingerprint density at radius 1 is 1.04 bits per heavy atom. The molecular weight excluding hydrogens is 492 g/mol. The van der Waals surface area contributed by atoms with Crippen molar-refractivity contribution >= 4 is 61.0 Å². The lowest BCUT2D eigenvalue weighted by Gasteiger charge is -2.18. The van der Waals surface area contributed by atoms with E-state index in [9.17, 15) is 14.4 Å². The molecule has 2 amide bonds. The summed E-state index contributed by atoms with van der Waals surface area (Å²) in [5, 5.41) is 5.49. The molecule has 2 heterocycles. The van der Waals surface area contributed by atoms with E-state index in [-0.39, 0.29) is 17.7 Å². The zero-order chi connectivity index (χ0) is 20.6. The number of halogens is 2. The van der Waals surface area contributed by atoms with Gasteiger partial charge in [-0.05, 0) is 43.7 Å². The van der Waals surface area contributed by atoms with Crippen molar-refractivity contribution in [2.24, 2.45) is 0 Å². The molecule has 2 atom stereocenters. The number of hydrogen-bond donors (Lipinski definition) is 2. The third-order valence-corrected chi connectivity index (χ3v) is 5.94. The number of anilines is 2. The number of rotatable bonds is 1. The lowest BCUT2D eigenvalue weighted by atomic mass is 9.84.